The molecule has 2 amide bonds. The van der Waals surface area contributed by atoms with Crippen molar-refractivity contribution in [3.8, 4) is 5.75 Å². The van der Waals surface area contributed by atoms with Gasteiger partial charge in [-0.05, 0) is 63.2 Å². The van der Waals surface area contributed by atoms with Crippen LogP contribution in [0.2, 0.25) is 0 Å². The van der Waals surface area contributed by atoms with Gasteiger partial charge in [0.25, 0.3) is 11.8 Å². The van der Waals surface area contributed by atoms with E-state index in [1.165, 1.54) is 0 Å². The minimum absolute atomic E-state index is 0.0668. The van der Waals surface area contributed by atoms with E-state index in [9.17, 15) is 9.59 Å². The number of hydrogen-bond donors (Lipinski definition) is 1. The Labute approximate surface area is 169 Å². The van der Waals surface area contributed by atoms with Gasteiger partial charge in [0.15, 0.2) is 5.82 Å². The SMILES string of the molecule is CCOc1ccc(NC(=O)c2ccc3c(c2)nc2n3CCN(C(C)C)C2=O)cc1. The Balaban J connectivity index is 1.58. The number of fused-ring (bicyclic) bond motifs is 3. The van der Waals surface area contributed by atoms with Crippen LogP contribution in [-0.2, 0) is 6.54 Å². The van der Waals surface area contributed by atoms with E-state index in [1.54, 1.807) is 24.3 Å². The van der Waals surface area contributed by atoms with Crippen molar-refractivity contribution in [1.82, 2.24) is 14.5 Å². The topological polar surface area (TPSA) is 76.5 Å². The molecule has 0 unspecified atom stereocenters. The van der Waals surface area contributed by atoms with Crippen LogP contribution in [0.25, 0.3) is 11.0 Å². The maximum Gasteiger partial charge on any atom is 0.290 e. The van der Waals surface area contributed by atoms with Crippen molar-refractivity contribution in [2.24, 2.45) is 0 Å². The first-order chi connectivity index (χ1) is 14.0. The average molecular weight is 392 g/mol. The Morgan fingerprint density at radius 2 is 1.93 bits per heavy atom. The Morgan fingerprint density at radius 1 is 1.17 bits per heavy atom. The molecule has 4 rings (SSSR count). The third kappa shape index (κ3) is 3.55. The highest BCUT2D eigenvalue weighted by Crippen LogP contribution is 2.24. The van der Waals surface area contributed by atoms with E-state index in [0.29, 0.717) is 42.3 Å². The van der Waals surface area contributed by atoms with Gasteiger partial charge < -0.3 is 19.5 Å². The number of carbonyl (C=O) groups excluding carboxylic acids is 2. The highest BCUT2D eigenvalue weighted by atomic mass is 16.5. The van der Waals surface area contributed by atoms with Gasteiger partial charge in [-0.15, -0.1) is 0 Å². The molecule has 0 atom stereocenters. The highest BCUT2D eigenvalue weighted by Gasteiger charge is 2.29. The summed E-state index contributed by atoms with van der Waals surface area (Å²) in [4.78, 5) is 31.7. The minimum atomic E-state index is -0.225. The van der Waals surface area contributed by atoms with Crippen LogP contribution in [-0.4, -0.2) is 45.5 Å². The predicted octanol–water partition coefficient (Wildman–Crippen LogP) is 3.55. The fourth-order valence-corrected chi connectivity index (χ4v) is 3.60. The standard InChI is InChI=1S/C22H24N4O3/c1-4-29-17-8-6-16(7-9-17)23-21(27)15-5-10-19-18(13-15)24-20-22(28)25(14(2)3)11-12-26(19)20/h5-10,13-14H,4,11-12H2,1-3H3,(H,23,27). The number of imidazole rings is 1. The first-order valence-corrected chi connectivity index (χ1v) is 9.83. The summed E-state index contributed by atoms with van der Waals surface area (Å²) in [5.74, 6) is 0.902. The van der Waals surface area contributed by atoms with Crippen molar-refractivity contribution in [3.63, 3.8) is 0 Å². The maximum atomic E-state index is 12.7. The third-order valence-corrected chi connectivity index (χ3v) is 5.07. The summed E-state index contributed by atoms with van der Waals surface area (Å²) in [6.07, 6.45) is 0. The van der Waals surface area contributed by atoms with Crippen LogP contribution < -0.4 is 10.1 Å². The van der Waals surface area contributed by atoms with Gasteiger partial charge in [-0.1, -0.05) is 0 Å². The molecule has 3 aromatic rings. The van der Waals surface area contributed by atoms with E-state index in [0.717, 1.165) is 11.3 Å². The summed E-state index contributed by atoms with van der Waals surface area (Å²) in [5.41, 5.74) is 2.70. The average Bonchev–Trinajstić information content (AvgIpc) is 3.08. The summed E-state index contributed by atoms with van der Waals surface area (Å²) in [7, 11) is 0. The number of benzene rings is 2. The second kappa shape index (κ2) is 7.58. The van der Waals surface area contributed by atoms with Crippen LogP contribution >= 0.6 is 0 Å². The first kappa shape index (κ1) is 19.0. The number of nitrogens with one attached hydrogen (secondary N) is 1. The Morgan fingerprint density at radius 3 is 2.62 bits per heavy atom. The van der Waals surface area contributed by atoms with Crippen LogP contribution in [0.15, 0.2) is 42.5 Å². The predicted molar refractivity (Wildman–Crippen MR) is 111 cm³/mol. The smallest absolute Gasteiger partial charge is 0.290 e. The fourth-order valence-electron chi connectivity index (χ4n) is 3.60. The lowest BCUT2D eigenvalue weighted by molar-refractivity contribution is 0.0643. The maximum absolute atomic E-state index is 12.7. The number of hydrogen-bond acceptors (Lipinski definition) is 4. The molecule has 1 N–H and O–H groups in total. The van der Waals surface area contributed by atoms with Crippen LogP contribution in [0.4, 0.5) is 5.69 Å². The molecule has 7 heteroatoms. The molecule has 0 radical (unpaired) electrons. The molecule has 0 saturated heterocycles. The monoisotopic (exact) mass is 392 g/mol. The van der Waals surface area contributed by atoms with Crippen LogP contribution in [0.3, 0.4) is 0 Å². The molecule has 150 valence electrons. The molecule has 2 heterocycles. The number of nitrogens with zero attached hydrogens (tertiary/aromatic N) is 3. The summed E-state index contributed by atoms with van der Waals surface area (Å²) >= 11 is 0. The van der Waals surface area contributed by atoms with E-state index >= 15 is 0 Å². The molecule has 0 aliphatic carbocycles. The largest absolute Gasteiger partial charge is 0.494 e. The van der Waals surface area contributed by atoms with Crippen LogP contribution in [0, 0.1) is 0 Å². The molecule has 1 aliphatic rings. The molecule has 0 fully saturated rings. The first-order valence-electron chi connectivity index (χ1n) is 9.83. The number of aromatic nitrogens is 2. The van der Waals surface area contributed by atoms with Crippen molar-refractivity contribution < 1.29 is 14.3 Å². The quantitative estimate of drug-likeness (QED) is 0.720. The second-order valence-corrected chi connectivity index (χ2v) is 7.29. The number of anilines is 1. The second-order valence-electron chi connectivity index (χ2n) is 7.29. The fraction of sp³-hybridized carbons (Fsp3) is 0.318. The number of carbonyl (C=O) groups is 2. The van der Waals surface area contributed by atoms with E-state index in [2.05, 4.69) is 10.3 Å². The zero-order chi connectivity index (χ0) is 20.5. The summed E-state index contributed by atoms with van der Waals surface area (Å²) in [5, 5.41) is 2.88. The van der Waals surface area contributed by atoms with Crippen LogP contribution in [0.1, 0.15) is 41.7 Å². The van der Waals surface area contributed by atoms with Crippen molar-refractivity contribution >= 4 is 28.5 Å². The minimum Gasteiger partial charge on any atom is -0.494 e. The number of ether oxygens (including phenoxy) is 1. The van der Waals surface area contributed by atoms with Gasteiger partial charge in [0.1, 0.15) is 5.75 Å². The lowest BCUT2D eigenvalue weighted by atomic mass is 10.1. The van der Waals surface area contributed by atoms with Gasteiger partial charge in [0, 0.05) is 30.4 Å². The van der Waals surface area contributed by atoms with Crippen LogP contribution in [0.5, 0.6) is 5.75 Å². The normalized spacial score (nSPS) is 13.7. The number of amides is 2. The highest BCUT2D eigenvalue weighted by molar-refractivity contribution is 6.06. The zero-order valence-electron chi connectivity index (χ0n) is 16.8. The van der Waals surface area contributed by atoms with Gasteiger partial charge in [-0.2, -0.15) is 0 Å². The lowest BCUT2D eigenvalue weighted by Gasteiger charge is -2.30. The zero-order valence-corrected chi connectivity index (χ0v) is 16.8. The van der Waals surface area contributed by atoms with E-state index in [1.807, 2.05) is 48.4 Å². The van der Waals surface area contributed by atoms with Crippen molar-refractivity contribution in [2.75, 3.05) is 18.5 Å². The van der Waals surface area contributed by atoms with Crippen molar-refractivity contribution in [3.05, 3.63) is 53.9 Å². The van der Waals surface area contributed by atoms with Gasteiger partial charge >= 0.3 is 0 Å². The summed E-state index contributed by atoms with van der Waals surface area (Å²) in [6.45, 7) is 7.88. The van der Waals surface area contributed by atoms with Crippen molar-refractivity contribution in [1.29, 1.82) is 0 Å². The summed E-state index contributed by atoms with van der Waals surface area (Å²) in [6, 6.07) is 12.7. The molecule has 1 aliphatic heterocycles. The van der Waals surface area contributed by atoms with Gasteiger partial charge in [0.2, 0.25) is 0 Å². The van der Waals surface area contributed by atoms with E-state index in [4.69, 9.17) is 4.74 Å². The molecular weight excluding hydrogens is 368 g/mol. The Hall–Kier alpha value is -3.35. The molecule has 7 nitrogen and oxygen atoms in total. The molecular formula is C22H24N4O3. The lowest BCUT2D eigenvalue weighted by Crippen LogP contribution is -2.44. The molecule has 0 saturated carbocycles. The Bertz CT molecular complexity index is 1070. The van der Waals surface area contributed by atoms with Crippen molar-refractivity contribution in [2.45, 2.75) is 33.4 Å². The molecule has 0 bridgehead atoms. The summed E-state index contributed by atoms with van der Waals surface area (Å²) < 4.78 is 7.35. The van der Waals surface area contributed by atoms with Gasteiger partial charge in [-0.25, -0.2) is 4.98 Å². The van der Waals surface area contributed by atoms with Gasteiger partial charge in [0.05, 0.1) is 17.6 Å². The third-order valence-electron chi connectivity index (χ3n) is 5.07. The Kier molecular flexibility index (Phi) is 4.96. The van der Waals surface area contributed by atoms with E-state index < -0.39 is 0 Å². The number of rotatable bonds is 5. The molecule has 2 aromatic carbocycles. The molecule has 1 aromatic heterocycles. The molecule has 0 spiro atoms. The van der Waals surface area contributed by atoms with E-state index in [-0.39, 0.29) is 17.9 Å². The van der Waals surface area contributed by atoms with Gasteiger partial charge in [-0.3, -0.25) is 9.59 Å². The molecule has 29 heavy (non-hydrogen) atoms.